The fourth-order valence-corrected chi connectivity index (χ4v) is 2.68. The molecular formula is C13H18BrNO2. The van der Waals surface area contributed by atoms with E-state index in [0.717, 1.165) is 23.4 Å². The molecule has 1 aromatic rings. The van der Waals surface area contributed by atoms with E-state index in [1.54, 1.807) is 7.11 Å². The highest BCUT2D eigenvalue weighted by molar-refractivity contribution is 9.10. The van der Waals surface area contributed by atoms with Crippen LogP contribution in [0.3, 0.4) is 0 Å². The molecule has 1 aromatic carbocycles. The Labute approximate surface area is 110 Å². The molecular weight excluding hydrogens is 282 g/mol. The Hall–Kier alpha value is -0.580. The van der Waals surface area contributed by atoms with E-state index in [-0.39, 0.29) is 5.41 Å². The Bertz CT molecular complexity index is 404. The third kappa shape index (κ3) is 2.09. The molecule has 1 atom stereocenters. The number of nitrogens with two attached hydrogens (primary N) is 1. The lowest BCUT2D eigenvalue weighted by molar-refractivity contribution is -0.0863. The van der Waals surface area contributed by atoms with Gasteiger partial charge in [0.2, 0.25) is 0 Å². The Morgan fingerprint density at radius 1 is 1.53 bits per heavy atom. The minimum atomic E-state index is 0.00384. The van der Waals surface area contributed by atoms with E-state index < -0.39 is 0 Å². The molecule has 1 heterocycles. The summed E-state index contributed by atoms with van der Waals surface area (Å²) in [5, 5.41) is 0. The van der Waals surface area contributed by atoms with Crippen molar-refractivity contribution in [2.75, 3.05) is 26.9 Å². The first kappa shape index (κ1) is 12.9. The lowest BCUT2D eigenvalue weighted by Gasteiger charge is -2.46. The molecule has 94 valence electrons. The molecule has 17 heavy (non-hydrogen) atoms. The summed E-state index contributed by atoms with van der Waals surface area (Å²) in [6, 6.07) is 6.10. The number of hydrogen-bond donors (Lipinski definition) is 1. The monoisotopic (exact) mass is 299 g/mol. The molecule has 2 N–H and O–H groups in total. The molecule has 1 aliphatic rings. The highest BCUT2D eigenvalue weighted by atomic mass is 79.9. The van der Waals surface area contributed by atoms with Gasteiger partial charge in [0.1, 0.15) is 5.75 Å². The number of halogens is 1. The maximum absolute atomic E-state index is 5.83. The lowest BCUT2D eigenvalue weighted by atomic mass is 9.69. The molecule has 0 bridgehead atoms. The zero-order chi connectivity index (χ0) is 12.5. The van der Waals surface area contributed by atoms with Crippen molar-refractivity contribution in [3.05, 3.63) is 28.2 Å². The summed E-state index contributed by atoms with van der Waals surface area (Å²) < 4.78 is 11.9. The Morgan fingerprint density at radius 3 is 2.71 bits per heavy atom. The van der Waals surface area contributed by atoms with Crippen molar-refractivity contribution < 1.29 is 9.47 Å². The van der Waals surface area contributed by atoms with Crippen molar-refractivity contribution in [3.8, 4) is 5.75 Å². The van der Waals surface area contributed by atoms with Crippen LogP contribution < -0.4 is 10.5 Å². The topological polar surface area (TPSA) is 44.5 Å². The number of methoxy groups -OCH3 is 1. The summed E-state index contributed by atoms with van der Waals surface area (Å²) in [4.78, 5) is 0. The maximum atomic E-state index is 5.83. The fourth-order valence-electron chi connectivity index (χ4n) is 2.32. The van der Waals surface area contributed by atoms with Crippen LogP contribution in [0.2, 0.25) is 0 Å². The van der Waals surface area contributed by atoms with Crippen molar-refractivity contribution in [1.82, 2.24) is 0 Å². The molecule has 1 saturated heterocycles. The fraction of sp³-hybridized carbons (Fsp3) is 0.538. The van der Waals surface area contributed by atoms with Gasteiger partial charge < -0.3 is 15.2 Å². The minimum absolute atomic E-state index is 0.00384. The summed E-state index contributed by atoms with van der Waals surface area (Å²) in [6.45, 7) is 4.26. The molecule has 0 aromatic heterocycles. The van der Waals surface area contributed by atoms with Crippen LogP contribution in [0.25, 0.3) is 0 Å². The summed E-state index contributed by atoms with van der Waals surface area (Å²) in [5.74, 6) is 1.29. The van der Waals surface area contributed by atoms with Gasteiger partial charge in [-0.1, -0.05) is 22.9 Å². The predicted molar refractivity (Wildman–Crippen MR) is 71.4 cm³/mol. The second-order valence-corrected chi connectivity index (χ2v) is 5.55. The molecule has 0 radical (unpaired) electrons. The van der Waals surface area contributed by atoms with Gasteiger partial charge in [-0.05, 0) is 30.7 Å². The average molecular weight is 300 g/mol. The third-order valence-electron chi connectivity index (χ3n) is 3.71. The second kappa shape index (κ2) is 4.96. The molecule has 0 aliphatic carbocycles. The Kier molecular flexibility index (Phi) is 3.76. The third-order valence-corrected chi connectivity index (χ3v) is 4.21. The predicted octanol–water partition coefficient (Wildman–Crippen LogP) is 2.32. The van der Waals surface area contributed by atoms with Crippen molar-refractivity contribution >= 4 is 15.9 Å². The molecule has 1 unspecified atom stereocenters. The van der Waals surface area contributed by atoms with Crippen LogP contribution in [0.5, 0.6) is 5.75 Å². The highest BCUT2D eigenvalue weighted by Gasteiger charge is 2.46. The van der Waals surface area contributed by atoms with E-state index >= 15 is 0 Å². The van der Waals surface area contributed by atoms with Gasteiger partial charge >= 0.3 is 0 Å². The lowest BCUT2D eigenvalue weighted by Crippen LogP contribution is -2.53. The van der Waals surface area contributed by atoms with E-state index in [1.807, 2.05) is 12.1 Å². The summed E-state index contributed by atoms with van der Waals surface area (Å²) in [5.41, 5.74) is 7.02. The highest BCUT2D eigenvalue weighted by Crippen LogP contribution is 2.44. The minimum Gasteiger partial charge on any atom is -0.496 e. The van der Waals surface area contributed by atoms with Crippen LogP contribution in [0.1, 0.15) is 12.5 Å². The summed E-state index contributed by atoms with van der Waals surface area (Å²) in [7, 11) is 1.70. The van der Waals surface area contributed by atoms with Crippen molar-refractivity contribution in [2.24, 2.45) is 11.7 Å². The van der Waals surface area contributed by atoms with Gasteiger partial charge in [-0.15, -0.1) is 0 Å². The van der Waals surface area contributed by atoms with Gasteiger partial charge in [0.15, 0.2) is 0 Å². The number of hydrogen-bond acceptors (Lipinski definition) is 3. The molecule has 2 rings (SSSR count). The Balaban J connectivity index is 2.46. The van der Waals surface area contributed by atoms with E-state index in [1.165, 1.54) is 5.56 Å². The van der Waals surface area contributed by atoms with Gasteiger partial charge in [-0.3, -0.25) is 0 Å². The molecule has 3 nitrogen and oxygen atoms in total. The zero-order valence-corrected chi connectivity index (χ0v) is 11.8. The molecule has 0 spiro atoms. The SMILES string of the molecule is COc1ccc(Br)cc1C1(C(C)CN)COC1. The second-order valence-electron chi connectivity index (χ2n) is 4.63. The smallest absolute Gasteiger partial charge is 0.122 e. The molecule has 0 saturated carbocycles. The number of ether oxygens (including phenoxy) is 2. The number of rotatable bonds is 4. The first-order valence-electron chi connectivity index (χ1n) is 5.76. The summed E-state index contributed by atoms with van der Waals surface area (Å²) in [6.07, 6.45) is 0. The van der Waals surface area contributed by atoms with E-state index in [2.05, 4.69) is 28.9 Å². The summed E-state index contributed by atoms with van der Waals surface area (Å²) >= 11 is 3.51. The maximum Gasteiger partial charge on any atom is 0.122 e. The quantitative estimate of drug-likeness (QED) is 0.928. The first-order chi connectivity index (χ1) is 8.14. The zero-order valence-electron chi connectivity index (χ0n) is 10.2. The van der Waals surface area contributed by atoms with Crippen molar-refractivity contribution in [2.45, 2.75) is 12.3 Å². The van der Waals surface area contributed by atoms with Crippen LogP contribution in [0.4, 0.5) is 0 Å². The van der Waals surface area contributed by atoms with Crippen molar-refractivity contribution in [1.29, 1.82) is 0 Å². The molecule has 0 amide bonds. The number of benzene rings is 1. The first-order valence-corrected chi connectivity index (χ1v) is 6.55. The van der Waals surface area contributed by atoms with Gasteiger partial charge in [-0.2, -0.15) is 0 Å². The van der Waals surface area contributed by atoms with E-state index in [0.29, 0.717) is 12.5 Å². The standard InChI is InChI=1S/C13H18BrNO2/c1-9(6-15)13(7-17-8-13)11-5-10(14)3-4-12(11)16-2/h3-5,9H,6-8,15H2,1-2H3. The van der Waals surface area contributed by atoms with Crippen LogP contribution >= 0.6 is 15.9 Å². The Morgan fingerprint density at radius 2 is 2.24 bits per heavy atom. The van der Waals surface area contributed by atoms with Gasteiger partial charge in [0, 0.05) is 15.5 Å². The van der Waals surface area contributed by atoms with E-state index in [4.69, 9.17) is 15.2 Å². The molecule has 1 fully saturated rings. The van der Waals surface area contributed by atoms with Crippen LogP contribution in [0, 0.1) is 5.92 Å². The normalized spacial score (nSPS) is 19.5. The van der Waals surface area contributed by atoms with Crippen LogP contribution in [-0.4, -0.2) is 26.9 Å². The van der Waals surface area contributed by atoms with Gasteiger partial charge in [0.05, 0.1) is 20.3 Å². The average Bonchev–Trinajstić information content (AvgIpc) is 2.27. The molecule has 4 heteroatoms. The van der Waals surface area contributed by atoms with Crippen molar-refractivity contribution in [3.63, 3.8) is 0 Å². The van der Waals surface area contributed by atoms with Crippen LogP contribution in [0.15, 0.2) is 22.7 Å². The van der Waals surface area contributed by atoms with Gasteiger partial charge in [-0.25, -0.2) is 0 Å². The molecule has 1 aliphatic heterocycles. The van der Waals surface area contributed by atoms with Crippen LogP contribution in [-0.2, 0) is 10.2 Å². The largest absolute Gasteiger partial charge is 0.496 e. The van der Waals surface area contributed by atoms with Gasteiger partial charge in [0.25, 0.3) is 0 Å². The van der Waals surface area contributed by atoms with E-state index in [9.17, 15) is 0 Å².